The molecule has 2 rings (SSSR count). The number of fused-ring (bicyclic) bond motifs is 1. The average Bonchev–Trinajstić information content (AvgIpc) is 2.46. The van der Waals surface area contributed by atoms with Crippen LogP contribution < -0.4 is 0 Å². The van der Waals surface area contributed by atoms with Crippen molar-refractivity contribution in [2.24, 2.45) is 5.92 Å². The number of Topliss-reactive ketones (excluding diaryl/α,β-unsaturated/α-hetero) is 1. The van der Waals surface area contributed by atoms with Crippen LogP contribution in [0.3, 0.4) is 0 Å². The lowest BCUT2D eigenvalue weighted by atomic mass is 10.0. The highest BCUT2D eigenvalue weighted by Gasteiger charge is 2.30. The van der Waals surface area contributed by atoms with Gasteiger partial charge in [0.15, 0.2) is 5.78 Å². The van der Waals surface area contributed by atoms with Crippen LogP contribution in [0.15, 0.2) is 18.3 Å². The van der Waals surface area contributed by atoms with Crippen LogP contribution in [-0.2, 0) is 6.42 Å². The number of hydrogen-bond acceptors (Lipinski definition) is 3. The molecule has 13 heavy (non-hydrogen) atoms. The van der Waals surface area contributed by atoms with E-state index in [1.165, 1.54) is 0 Å². The molecule has 0 bridgehead atoms. The molecule has 0 amide bonds. The van der Waals surface area contributed by atoms with Gasteiger partial charge >= 0.3 is 0 Å². The fraction of sp³-hybridized carbons (Fsp3) is 0.300. The van der Waals surface area contributed by atoms with Gasteiger partial charge in [-0.2, -0.15) is 5.26 Å². The molecule has 0 fully saturated rings. The molecule has 1 aliphatic carbocycles. The minimum atomic E-state index is -0.158. The average molecular weight is 172 g/mol. The van der Waals surface area contributed by atoms with E-state index in [1.54, 1.807) is 18.3 Å². The number of nitrogens with zero attached hydrogens (tertiary/aromatic N) is 2. The summed E-state index contributed by atoms with van der Waals surface area (Å²) in [6.07, 6.45) is 2.61. The summed E-state index contributed by atoms with van der Waals surface area (Å²) in [4.78, 5) is 15.7. The lowest BCUT2D eigenvalue weighted by molar-refractivity contribution is 0.0938. The quantitative estimate of drug-likeness (QED) is 0.642. The van der Waals surface area contributed by atoms with Crippen LogP contribution in [0.2, 0.25) is 0 Å². The number of nitriles is 1. The first kappa shape index (κ1) is 7.93. The van der Waals surface area contributed by atoms with Crippen molar-refractivity contribution in [3.8, 4) is 6.07 Å². The van der Waals surface area contributed by atoms with Gasteiger partial charge in [0.2, 0.25) is 0 Å². The predicted octanol–water partition coefficient (Wildman–Crippen LogP) is 1.35. The maximum absolute atomic E-state index is 11.6. The molecule has 1 aliphatic rings. The van der Waals surface area contributed by atoms with Gasteiger partial charge in [-0.3, -0.25) is 9.78 Å². The van der Waals surface area contributed by atoms with Crippen molar-refractivity contribution in [2.45, 2.75) is 12.8 Å². The maximum Gasteiger partial charge on any atom is 0.169 e. The SMILES string of the molecule is N#CCC1Cc2ncccc2C1=O. The smallest absolute Gasteiger partial charge is 0.169 e. The number of carbonyl (C=O) groups is 1. The molecule has 1 unspecified atom stereocenters. The Kier molecular flexibility index (Phi) is 1.82. The van der Waals surface area contributed by atoms with Crippen molar-refractivity contribution >= 4 is 5.78 Å². The topological polar surface area (TPSA) is 53.8 Å². The van der Waals surface area contributed by atoms with Gasteiger partial charge in [-0.05, 0) is 12.1 Å². The van der Waals surface area contributed by atoms with Crippen LogP contribution in [0.25, 0.3) is 0 Å². The third-order valence-electron chi connectivity index (χ3n) is 2.30. The Morgan fingerprint density at radius 3 is 3.23 bits per heavy atom. The van der Waals surface area contributed by atoms with Gasteiger partial charge in [0, 0.05) is 30.5 Å². The molecule has 0 N–H and O–H groups in total. The Morgan fingerprint density at radius 2 is 2.54 bits per heavy atom. The van der Waals surface area contributed by atoms with Gasteiger partial charge < -0.3 is 0 Å². The van der Waals surface area contributed by atoms with E-state index in [1.807, 2.05) is 6.07 Å². The molecule has 3 heteroatoms. The third kappa shape index (κ3) is 1.20. The second kappa shape index (κ2) is 2.98. The number of ketones is 1. The summed E-state index contributed by atoms with van der Waals surface area (Å²) in [5, 5.41) is 8.50. The summed E-state index contributed by atoms with van der Waals surface area (Å²) < 4.78 is 0. The standard InChI is InChI=1S/C10H8N2O/c11-4-3-7-6-9-8(10(7)13)2-1-5-12-9/h1-2,5,7H,3,6H2. The van der Waals surface area contributed by atoms with Gasteiger partial charge in [0.25, 0.3) is 0 Å². The molecule has 1 heterocycles. The molecule has 0 saturated heterocycles. The van der Waals surface area contributed by atoms with Crippen LogP contribution in [0, 0.1) is 17.2 Å². The van der Waals surface area contributed by atoms with Crippen molar-refractivity contribution in [1.82, 2.24) is 4.98 Å². The van der Waals surface area contributed by atoms with E-state index >= 15 is 0 Å². The van der Waals surface area contributed by atoms with Crippen LogP contribution in [0.4, 0.5) is 0 Å². The van der Waals surface area contributed by atoms with E-state index in [9.17, 15) is 4.79 Å². The molecular formula is C10H8N2O. The summed E-state index contributed by atoms with van der Waals surface area (Å²) in [6.45, 7) is 0. The van der Waals surface area contributed by atoms with Gasteiger partial charge in [-0.25, -0.2) is 0 Å². The van der Waals surface area contributed by atoms with E-state index in [4.69, 9.17) is 5.26 Å². The lowest BCUT2D eigenvalue weighted by Gasteiger charge is -1.97. The van der Waals surface area contributed by atoms with Crippen LogP contribution in [0.1, 0.15) is 22.5 Å². The molecule has 1 aromatic heterocycles. The normalized spacial score (nSPS) is 19.6. The van der Waals surface area contributed by atoms with Crippen LogP contribution in [-0.4, -0.2) is 10.8 Å². The number of hydrogen-bond donors (Lipinski definition) is 0. The van der Waals surface area contributed by atoms with E-state index in [0.29, 0.717) is 18.4 Å². The molecule has 1 atom stereocenters. The highest BCUT2D eigenvalue weighted by molar-refractivity contribution is 6.01. The lowest BCUT2D eigenvalue weighted by Crippen LogP contribution is -2.07. The van der Waals surface area contributed by atoms with Crippen molar-refractivity contribution in [3.63, 3.8) is 0 Å². The zero-order chi connectivity index (χ0) is 9.26. The van der Waals surface area contributed by atoms with Gasteiger partial charge in [0.05, 0.1) is 11.8 Å². The largest absolute Gasteiger partial charge is 0.294 e. The molecule has 3 nitrogen and oxygen atoms in total. The summed E-state index contributed by atoms with van der Waals surface area (Å²) in [6, 6.07) is 5.56. The summed E-state index contributed by atoms with van der Waals surface area (Å²) in [5.41, 5.74) is 1.54. The second-order valence-electron chi connectivity index (χ2n) is 3.13. The highest BCUT2D eigenvalue weighted by atomic mass is 16.1. The van der Waals surface area contributed by atoms with Crippen molar-refractivity contribution in [2.75, 3.05) is 0 Å². The minimum Gasteiger partial charge on any atom is -0.294 e. The first-order chi connectivity index (χ1) is 6.33. The first-order valence-electron chi connectivity index (χ1n) is 4.18. The zero-order valence-corrected chi connectivity index (χ0v) is 7.03. The molecule has 1 aromatic rings. The van der Waals surface area contributed by atoms with Crippen molar-refractivity contribution in [1.29, 1.82) is 5.26 Å². The number of aromatic nitrogens is 1. The Balaban J connectivity index is 2.34. The fourth-order valence-corrected chi connectivity index (χ4v) is 1.65. The number of rotatable bonds is 1. The van der Waals surface area contributed by atoms with E-state index in [-0.39, 0.29) is 11.7 Å². The number of carbonyl (C=O) groups excluding carboxylic acids is 1. The monoisotopic (exact) mass is 172 g/mol. The minimum absolute atomic E-state index is 0.0738. The molecule has 0 radical (unpaired) electrons. The molecule has 0 spiro atoms. The second-order valence-corrected chi connectivity index (χ2v) is 3.13. The summed E-state index contributed by atoms with van der Waals surface area (Å²) >= 11 is 0. The van der Waals surface area contributed by atoms with Gasteiger partial charge in [-0.15, -0.1) is 0 Å². The maximum atomic E-state index is 11.6. The van der Waals surface area contributed by atoms with E-state index in [2.05, 4.69) is 4.98 Å². The van der Waals surface area contributed by atoms with Crippen molar-refractivity contribution in [3.05, 3.63) is 29.6 Å². The first-order valence-corrected chi connectivity index (χ1v) is 4.18. The fourth-order valence-electron chi connectivity index (χ4n) is 1.65. The highest BCUT2D eigenvalue weighted by Crippen LogP contribution is 2.26. The molecule has 0 aromatic carbocycles. The third-order valence-corrected chi connectivity index (χ3v) is 2.30. The van der Waals surface area contributed by atoms with E-state index < -0.39 is 0 Å². The summed E-state index contributed by atoms with van der Waals surface area (Å²) in [7, 11) is 0. The zero-order valence-electron chi connectivity index (χ0n) is 7.03. The molecule has 0 saturated carbocycles. The Labute approximate surface area is 76.0 Å². The Morgan fingerprint density at radius 1 is 1.69 bits per heavy atom. The van der Waals surface area contributed by atoms with Crippen LogP contribution in [0.5, 0.6) is 0 Å². The van der Waals surface area contributed by atoms with Crippen LogP contribution >= 0.6 is 0 Å². The molecular weight excluding hydrogens is 164 g/mol. The number of pyridine rings is 1. The Hall–Kier alpha value is -1.69. The molecule has 64 valence electrons. The van der Waals surface area contributed by atoms with Gasteiger partial charge in [-0.1, -0.05) is 0 Å². The Bertz CT molecular complexity index is 392. The predicted molar refractivity (Wildman–Crippen MR) is 46.0 cm³/mol. The van der Waals surface area contributed by atoms with Crippen molar-refractivity contribution < 1.29 is 4.79 Å². The van der Waals surface area contributed by atoms with E-state index in [0.717, 1.165) is 5.69 Å². The summed E-state index contributed by atoms with van der Waals surface area (Å²) in [5.74, 6) is -0.0837. The molecule has 0 aliphatic heterocycles. The van der Waals surface area contributed by atoms with Gasteiger partial charge in [0.1, 0.15) is 0 Å².